The first-order chi connectivity index (χ1) is 7.31. The van der Waals surface area contributed by atoms with Crippen LogP contribution in [0.1, 0.15) is 32.6 Å². The van der Waals surface area contributed by atoms with Crippen molar-refractivity contribution in [1.29, 1.82) is 0 Å². The van der Waals surface area contributed by atoms with Gasteiger partial charge in [-0.15, -0.1) is 0 Å². The van der Waals surface area contributed by atoms with Crippen molar-refractivity contribution in [3.63, 3.8) is 0 Å². The molecular formula is C11H23NO3. The molecule has 0 aromatic carbocycles. The van der Waals surface area contributed by atoms with Gasteiger partial charge in [0.15, 0.2) is 0 Å². The Kier molecular flexibility index (Phi) is 11.0. The molecule has 0 spiro atoms. The second-order valence-electron chi connectivity index (χ2n) is 3.39. The number of rotatable bonds is 10. The highest BCUT2D eigenvalue weighted by Gasteiger charge is 2.01. The molecule has 0 aromatic rings. The summed E-state index contributed by atoms with van der Waals surface area (Å²) in [6, 6.07) is 0. The molecule has 90 valence electrons. The topological polar surface area (TPSA) is 47.6 Å². The Morgan fingerprint density at radius 1 is 1.20 bits per heavy atom. The normalized spacial score (nSPS) is 10.3. The lowest BCUT2D eigenvalue weighted by molar-refractivity contribution is -0.145. The summed E-state index contributed by atoms with van der Waals surface area (Å²) in [4.78, 5) is 11.1. The van der Waals surface area contributed by atoms with E-state index in [-0.39, 0.29) is 5.97 Å². The smallest absolute Gasteiger partial charge is 0.305 e. The zero-order valence-electron chi connectivity index (χ0n) is 9.88. The van der Waals surface area contributed by atoms with E-state index in [1.54, 1.807) is 0 Å². The van der Waals surface area contributed by atoms with Crippen LogP contribution < -0.4 is 5.32 Å². The van der Waals surface area contributed by atoms with E-state index >= 15 is 0 Å². The van der Waals surface area contributed by atoms with Crippen molar-refractivity contribution in [2.75, 3.05) is 33.4 Å². The Balaban J connectivity index is 3.10. The van der Waals surface area contributed by atoms with Crippen molar-refractivity contribution in [3.05, 3.63) is 0 Å². The van der Waals surface area contributed by atoms with Gasteiger partial charge in [0.1, 0.15) is 6.61 Å². The standard InChI is InChI=1S/C11H23NO3/c1-3-4-5-6-11(13)15-10-9-14-8-7-12-2/h12H,3-10H2,1-2H3. The second-order valence-corrected chi connectivity index (χ2v) is 3.39. The van der Waals surface area contributed by atoms with Crippen molar-refractivity contribution < 1.29 is 14.3 Å². The van der Waals surface area contributed by atoms with Crippen LogP contribution in [0.4, 0.5) is 0 Å². The van der Waals surface area contributed by atoms with Crippen LogP contribution in [0.3, 0.4) is 0 Å². The molecule has 4 nitrogen and oxygen atoms in total. The van der Waals surface area contributed by atoms with Crippen molar-refractivity contribution in [1.82, 2.24) is 5.32 Å². The Bertz CT molecular complexity index is 151. The molecule has 0 aliphatic carbocycles. The molecule has 0 aliphatic heterocycles. The van der Waals surface area contributed by atoms with Gasteiger partial charge < -0.3 is 14.8 Å². The number of hydrogen-bond acceptors (Lipinski definition) is 4. The van der Waals surface area contributed by atoms with E-state index in [4.69, 9.17) is 9.47 Å². The summed E-state index contributed by atoms with van der Waals surface area (Å²) in [7, 11) is 1.87. The zero-order valence-corrected chi connectivity index (χ0v) is 9.88. The van der Waals surface area contributed by atoms with Crippen LogP contribution in [0.15, 0.2) is 0 Å². The van der Waals surface area contributed by atoms with Gasteiger partial charge in [0.05, 0.1) is 13.2 Å². The van der Waals surface area contributed by atoms with E-state index < -0.39 is 0 Å². The monoisotopic (exact) mass is 217 g/mol. The Labute approximate surface area is 92.3 Å². The molecule has 0 radical (unpaired) electrons. The van der Waals surface area contributed by atoms with E-state index in [1.165, 1.54) is 0 Å². The van der Waals surface area contributed by atoms with Crippen molar-refractivity contribution >= 4 is 5.97 Å². The summed E-state index contributed by atoms with van der Waals surface area (Å²) in [5.41, 5.74) is 0. The Morgan fingerprint density at radius 2 is 2.00 bits per heavy atom. The van der Waals surface area contributed by atoms with Crippen LogP contribution in [0.5, 0.6) is 0 Å². The fourth-order valence-corrected chi connectivity index (χ4v) is 1.08. The lowest BCUT2D eigenvalue weighted by Crippen LogP contribution is -2.17. The number of carbonyl (C=O) groups is 1. The minimum atomic E-state index is -0.110. The molecule has 0 rings (SSSR count). The molecule has 0 amide bonds. The van der Waals surface area contributed by atoms with Crippen molar-refractivity contribution in [2.24, 2.45) is 0 Å². The number of unbranched alkanes of at least 4 members (excludes halogenated alkanes) is 2. The molecular weight excluding hydrogens is 194 g/mol. The molecule has 15 heavy (non-hydrogen) atoms. The van der Waals surface area contributed by atoms with Crippen LogP contribution in [-0.2, 0) is 14.3 Å². The molecule has 1 N–H and O–H groups in total. The predicted molar refractivity (Wildman–Crippen MR) is 59.8 cm³/mol. The molecule has 0 bridgehead atoms. The molecule has 0 saturated carbocycles. The summed E-state index contributed by atoms with van der Waals surface area (Å²) >= 11 is 0. The van der Waals surface area contributed by atoms with Gasteiger partial charge in [0, 0.05) is 13.0 Å². The van der Waals surface area contributed by atoms with Crippen LogP contribution in [0.2, 0.25) is 0 Å². The number of carbonyl (C=O) groups excluding carboxylic acids is 1. The SMILES string of the molecule is CCCCCC(=O)OCCOCCNC. The number of hydrogen-bond donors (Lipinski definition) is 1. The fourth-order valence-electron chi connectivity index (χ4n) is 1.08. The van der Waals surface area contributed by atoms with Crippen LogP contribution in [0.25, 0.3) is 0 Å². The van der Waals surface area contributed by atoms with Gasteiger partial charge in [-0.1, -0.05) is 19.8 Å². The average molecular weight is 217 g/mol. The summed E-state index contributed by atoms with van der Waals surface area (Å²) < 4.78 is 10.2. The van der Waals surface area contributed by atoms with Crippen LogP contribution in [-0.4, -0.2) is 39.4 Å². The van der Waals surface area contributed by atoms with Gasteiger partial charge in [-0.05, 0) is 13.5 Å². The average Bonchev–Trinajstić information content (AvgIpc) is 2.23. The van der Waals surface area contributed by atoms with Crippen LogP contribution in [0, 0.1) is 0 Å². The Hall–Kier alpha value is -0.610. The molecule has 0 saturated heterocycles. The van der Waals surface area contributed by atoms with E-state index in [1.807, 2.05) is 7.05 Å². The van der Waals surface area contributed by atoms with E-state index in [2.05, 4.69) is 12.2 Å². The predicted octanol–water partition coefficient (Wildman–Crippen LogP) is 1.35. The molecule has 0 fully saturated rings. The van der Waals surface area contributed by atoms with Gasteiger partial charge >= 0.3 is 5.97 Å². The minimum Gasteiger partial charge on any atom is -0.463 e. The summed E-state index contributed by atoms with van der Waals surface area (Å²) in [6.07, 6.45) is 3.68. The van der Waals surface area contributed by atoms with Gasteiger partial charge in [-0.2, -0.15) is 0 Å². The molecule has 0 aliphatic rings. The van der Waals surface area contributed by atoms with Gasteiger partial charge in [-0.3, -0.25) is 4.79 Å². The van der Waals surface area contributed by atoms with E-state index in [0.717, 1.165) is 25.8 Å². The number of nitrogens with one attached hydrogen (secondary N) is 1. The van der Waals surface area contributed by atoms with Gasteiger partial charge in [0.2, 0.25) is 0 Å². The third-order valence-corrected chi connectivity index (χ3v) is 1.97. The maximum Gasteiger partial charge on any atom is 0.305 e. The summed E-state index contributed by atoms with van der Waals surface area (Å²) in [6.45, 7) is 4.45. The summed E-state index contributed by atoms with van der Waals surface area (Å²) in [5.74, 6) is -0.110. The van der Waals surface area contributed by atoms with Gasteiger partial charge in [0.25, 0.3) is 0 Å². The highest BCUT2D eigenvalue weighted by Crippen LogP contribution is 2.00. The van der Waals surface area contributed by atoms with E-state index in [9.17, 15) is 4.79 Å². The van der Waals surface area contributed by atoms with Crippen molar-refractivity contribution in [3.8, 4) is 0 Å². The number of esters is 1. The largest absolute Gasteiger partial charge is 0.463 e. The third-order valence-electron chi connectivity index (χ3n) is 1.97. The molecule has 0 unspecified atom stereocenters. The zero-order chi connectivity index (χ0) is 11.4. The maximum atomic E-state index is 11.1. The van der Waals surface area contributed by atoms with Crippen molar-refractivity contribution in [2.45, 2.75) is 32.6 Å². The first-order valence-corrected chi connectivity index (χ1v) is 5.69. The highest BCUT2D eigenvalue weighted by atomic mass is 16.6. The third kappa shape index (κ3) is 11.3. The van der Waals surface area contributed by atoms with Crippen LogP contribution >= 0.6 is 0 Å². The number of ether oxygens (including phenoxy) is 2. The lowest BCUT2D eigenvalue weighted by Gasteiger charge is -2.05. The highest BCUT2D eigenvalue weighted by molar-refractivity contribution is 5.69. The molecule has 0 aromatic heterocycles. The quantitative estimate of drug-likeness (QED) is 0.443. The molecule has 0 heterocycles. The fraction of sp³-hybridized carbons (Fsp3) is 0.909. The molecule has 0 atom stereocenters. The Morgan fingerprint density at radius 3 is 2.67 bits per heavy atom. The van der Waals surface area contributed by atoms with Gasteiger partial charge in [-0.25, -0.2) is 0 Å². The first kappa shape index (κ1) is 14.4. The second kappa shape index (κ2) is 11.5. The minimum absolute atomic E-state index is 0.110. The molecule has 4 heteroatoms. The summed E-state index contributed by atoms with van der Waals surface area (Å²) in [5, 5.41) is 2.97. The number of likely N-dealkylation sites (N-methyl/N-ethyl adjacent to an activating group) is 1. The van der Waals surface area contributed by atoms with E-state index in [0.29, 0.717) is 26.2 Å². The lowest BCUT2D eigenvalue weighted by atomic mass is 10.2. The first-order valence-electron chi connectivity index (χ1n) is 5.69. The maximum absolute atomic E-state index is 11.1.